The van der Waals surface area contributed by atoms with Gasteiger partial charge >= 0.3 is 21.1 Å². The van der Waals surface area contributed by atoms with Crippen molar-refractivity contribution in [2.45, 2.75) is 192 Å². The van der Waals surface area contributed by atoms with Crippen molar-refractivity contribution in [3.8, 4) is 68.3 Å². The zero-order chi connectivity index (χ0) is 72.9. The van der Waals surface area contributed by atoms with Gasteiger partial charge in [0.15, 0.2) is 0 Å². The van der Waals surface area contributed by atoms with E-state index in [1.54, 1.807) is 0 Å². The second kappa shape index (κ2) is 28.1. The van der Waals surface area contributed by atoms with Crippen LogP contribution < -0.4 is 9.47 Å². The van der Waals surface area contributed by atoms with Crippen LogP contribution >= 0.6 is 0 Å². The van der Waals surface area contributed by atoms with Crippen molar-refractivity contribution in [1.29, 1.82) is 0 Å². The van der Waals surface area contributed by atoms with E-state index in [9.17, 15) is 0 Å². The summed E-state index contributed by atoms with van der Waals surface area (Å²) in [6, 6.07) is 71.9. The number of ether oxygens (including phenoxy) is 2. The summed E-state index contributed by atoms with van der Waals surface area (Å²) in [6.07, 6.45) is 3.84. The molecule has 0 unspecified atom stereocenters. The Balaban J connectivity index is 0.000000204. The average Bonchev–Trinajstić information content (AvgIpc) is 1.59. The minimum absolute atomic E-state index is 0. The van der Waals surface area contributed by atoms with Gasteiger partial charge in [0.05, 0.1) is 28.1 Å². The van der Waals surface area contributed by atoms with Crippen LogP contribution in [0.3, 0.4) is 0 Å². The molecule has 11 heteroatoms. The van der Waals surface area contributed by atoms with E-state index < -0.39 is 0 Å². The van der Waals surface area contributed by atoms with E-state index in [2.05, 4.69) is 348 Å². The normalized spacial score (nSPS) is 12.4. The Morgan fingerprint density at radius 2 is 0.808 bits per heavy atom. The van der Waals surface area contributed by atoms with Crippen LogP contribution in [0, 0.1) is 39.8 Å². The van der Waals surface area contributed by atoms with Gasteiger partial charge in [-0.3, -0.25) is 9.25 Å². The number of fused-ring (bicyclic) bond motifs is 6. The number of hydrogen-bond donors (Lipinski definition) is 0. The zero-order valence-electron chi connectivity index (χ0n) is 64.2. The molecule has 0 radical (unpaired) electrons. The molecule has 10 nitrogen and oxygen atoms in total. The first kappa shape index (κ1) is 75.5. The molecule has 0 fully saturated rings. The standard InChI is InChI=1S/C46H50N4O.C46H48N4O.CH4.Pt/c2*1-29-43(31-15-13-12-14-16-31)30(2)50(48-29)35-23-34(46(9,10)11)24-37(27-35)51-36-18-19-38-39-25-32(44(3,4)5)17-20-40(39)49(41(38)28-36)42-26-33(21-22-47-42)45(6,7)8;;/h12-28H,1-11H3;12-26H,1-11H3;1H4;/q;-2;;+2. The smallest absolute Gasteiger partial charge is 0.509 e. The summed E-state index contributed by atoms with van der Waals surface area (Å²) in [5.41, 5.74) is 21.9. The molecule has 0 saturated carbocycles. The molecule has 8 aromatic carbocycles. The molecule has 536 valence electrons. The number of pyridine rings is 2. The summed E-state index contributed by atoms with van der Waals surface area (Å²) >= 11 is 0. The first-order valence-electron chi connectivity index (χ1n) is 35.8. The van der Waals surface area contributed by atoms with Crippen LogP contribution in [-0.4, -0.2) is 38.7 Å². The van der Waals surface area contributed by atoms with E-state index in [1.807, 2.05) is 29.2 Å². The molecule has 0 saturated heterocycles. The fourth-order valence-electron chi connectivity index (χ4n) is 13.9. The third-order valence-corrected chi connectivity index (χ3v) is 19.9. The molecule has 0 atom stereocenters. The summed E-state index contributed by atoms with van der Waals surface area (Å²) in [5, 5.41) is 14.7. The van der Waals surface area contributed by atoms with Crippen molar-refractivity contribution in [3.05, 3.63) is 263 Å². The van der Waals surface area contributed by atoms with Gasteiger partial charge in [0, 0.05) is 74.8 Å². The van der Waals surface area contributed by atoms with E-state index >= 15 is 0 Å². The van der Waals surface area contributed by atoms with Gasteiger partial charge in [-0.1, -0.05) is 216 Å². The second-order valence-corrected chi connectivity index (χ2v) is 33.9. The van der Waals surface area contributed by atoms with Gasteiger partial charge in [0.25, 0.3) is 0 Å². The SMILES string of the molecule is C.Cc1nn(-c2[c-]c(Oc3[c-]c4c(cc3)c3cc(C(C)(C)C)ccc3n4-c3cc(C(C)(C)C)ccn3)cc(C(C)(C)C)c2)c(C)c1-c1ccccc1.Cc1nn(-c2cc(Oc3ccc4c5cc(C(C)(C)C)ccc5n(-c5cc(C(C)(C)C)ccn5)c4c3)cc(C(C)(C)C)c2)c(C)c1-c1ccccc1.[Pt+2]. The number of benzene rings is 8. The number of aromatic nitrogens is 8. The summed E-state index contributed by atoms with van der Waals surface area (Å²) in [7, 11) is 0. The minimum atomic E-state index is -0.130. The number of hydrogen-bond acceptors (Lipinski definition) is 6. The largest absolute Gasteiger partial charge is 2.00 e. The number of nitrogens with zero attached hydrogens (tertiary/aromatic N) is 8. The number of rotatable bonds is 10. The van der Waals surface area contributed by atoms with Crippen LogP contribution in [0.2, 0.25) is 0 Å². The van der Waals surface area contributed by atoms with Crippen LogP contribution in [0.15, 0.2) is 194 Å². The van der Waals surface area contributed by atoms with Gasteiger partial charge in [0.2, 0.25) is 0 Å². The Kier molecular flexibility index (Phi) is 20.4. The predicted octanol–water partition coefficient (Wildman–Crippen LogP) is 24.9. The minimum Gasteiger partial charge on any atom is -0.509 e. The fourth-order valence-corrected chi connectivity index (χ4v) is 13.9. The molecule has 6 aromatic heterocycles. The average molecular weight is 1560 g/mol. The molecule has 0 aliphatic heterocycles. The molecule has 0 spiro atoms. The summed E-state index contributed by atoms with van der Waals surface area (Å²) in [6.45, 7) is 48.8. The summed E-state index contributed by atoms with van der Waals surface area (Å²) in [5.74, 6) is 4.54. The van der Waals surface area contributed by atoms with E-state index in [4.69, 9.17) is 29.6 Å². The van der Waals surface area contributed by atoms with Crippen molar-refractivity contribution in [2.24, 2.45) is 0 Å². The third kappa shape index (κ3) is 15.0. The Bertz CT molecular complexity index is 5170. The van der Waals surface area contributed by atoms with Gasteiger partial charge in [-0.05, 0) is 177 Å². The van der Waals surface area contributed by atoms with E-state index in [-0.39, 0.29) is 61.0 Å². The van der Waals surface area contributed by atoms with Crippen LogP contribution in [0.1, 0.15) is 188 Å². The molecule has 0 aliphatic carbocycles. The first-order valence-corrected chi connectivity index (χ1v) is 35.8. The quantitative estimate of drug-likeness (QED) is 0.127. The molecule has 0 amide bonds. The summed E-state index contributed by atoms with van der Waals surface area (Å²) in [4.78, 5) is 9.81. The molecule has 0 aliphatic rings. The van der Waals surface area contributed by atoms with Crippen molar-refractivity contribution in [2.75, 3.05) is 0 Å². The van der Waals surface area contributed by atoms with Crippen LogP contribution in [-0.2, 0) is 53.6 Å². The Hall–Kier alpha value is -9.63. The van der Waals surface area contributed by atoms with E-state index in [1.165, 1.54) is 49.5 Å². The fraction of sp³-hybridized carbons (Fsp3) is 0.312. The molecule has 6 heterocycles. The van der Waals surface area contributed by atoms with Crippen LogP contribution in [0.25, 0.3) is 88.9 Å². The second-order valence-electron chi connectivity index (χ2n) is 33.9. The predicted molar refractivity (Wildman–Crippen MR) is 431 cm³/mol. The molecular weight excluding hydrogens is 1460 g/mol. The molecule has 0 bridgehead atoms. The van der Waals surface area contributed by atoms with Crippen LogP contribution in [0.5, 0.6) is 23.0 Å². The zero-order valence-corrected chi connectivity index (χ0v) is 66.5. The van der Waals surface area contributed by atoms with E-state index in [0.717, 1.165) is 107 Å². The van der Waals surface area contributed by atoms with Crippen molar-refractivity contribution in [1.82, 2.24) is 38.7 Å². The maximum atomic E-state index is 6.81. The number of aryl methyl sites for hydroxylation is 2. The van der Waals surface area contributed by atoms with Gasteiger partial charge in [0.1, 0.15) is 23.1 Å². The van der Waals surface area contributed by atoms with Gasteiger partial charge in [-0.2, -0.15) is 16.3 Å². The summed E-state index contributed by atoms with van der Waals surface area (Å²) < 4.78 is 22.1. The third-order valence-electron chi connectivity index (χ3n) is 19.9. The van der Waals surface area contributed by atoms with Crippen LogP contribution in [0.4, 0.5) is 0 Å². The Morgan fingerprint density at radius 1 is 0.346 bits per heavy atom. The molecular formula is C93H102N8O2Pt. The van der Waals surface area contributed by atoms with Crippen molar-refractivity contribution >= 4 is 43.6 Å². The van der Waals surface area contributed by atoms with Gasteiger partial charge < -0.3 is 14.0 Å². The van der Waals surface area contributed by atoms with Gasteiger partial charge in [-0.15, -0.1) is 41.3 Å². The maximum absolute atomic E-state index is 6.81. The molecule has 14 rings (SSSR count). The Morgan fingerprint density at radius 3 is 1.34 bits per heavy atom. The molecule has 104 heavy (non-hydrogen) atoms. The van der Waals surface area contributed by atoms with Gasteiger partial charge in [-0.25, -0.2) is 14.6 Å². The molecule has 0 N–H and O–H groups in total. The monoisotopic (exact) mass is 1560 g/mol. The van der Waals surface area contributed by atoms with Crippen molar-refractivity contribution in [3.63, 3.8) is 0 Å². The molecule has 14 aromatic rings. The first-order chi connectivity index (χ1) is 48.0. The maximum Gasteiger partial charge on any atom is 2.00 e. The van der Waals surface area contributed by atoms with Crippen molar-refractivity contribution < 1.29 is 30.5 Å². The topological polar surface area (TPSA) is 89.7 Å². The van der Waals surface area contributed by atoms with E-state index in [0.29, 0.717) is 11.5 Å². The Labute approximate surface area is 631 Å².